The molecule has 0 unspecified atom stereocenters. The second kappa shape index (κ2) is 10.3. The summed E-state index contributed by atoms with van der Waals surface area (Å²) < 4.78 is 15.0. The van der Waals surface area contributed by atoms with Crippen LogP contribution in [0.5, 0.6) is 0 Å². The topological polar surface area (TPSA) is 67.2 Å². The van der Waals surface area contributed by atoms with Crippen molar-refractivity contribution in [2.45, 2.75) is 33.0 Å². The summed E-state index contributed by atoms with van der Waals surface area (Å²) in [6.45, 7) is 3.80. The van der Waals surface area contributed by atoms with Gasteiger partial charge >= 0.3 is 0 Å². The first-order valence-corrected chi connectivity index (χ1v) is 12.0. The monoisotopic (exact) mass is 482 g/mol. The quantitative estimate of drug-likeness (QED) is 0.438. The minimum absolute atomic E-state index is 0.187. The van der Waals surface area contributed by atoms with E-state index < -0.39 is 0 Å². The smallest absolute Gasteiger partial charge is 0.257 e. The highest BCUT2D eigenvalue weighted by atomic mass is 19.1. The van der Waals surface area contributed by atoms with Crippen molar-refractivity contribution >= 4 is 11.6 Å². The molecule has 0 saturated carbocycles. The van der Waals surface area contributed by atoms with Crippen LogP contribution in [-0.4, -0.2) is 26.9 Å². The Kier molecular flexibility index (Phi) is 6.73. The van der Waals surface area contributed by atoms with Crippen molar-refractivity contribution in [3.05, 3.63) is 117 Å². The van der Waals surface area contributed by atoms with Crippen molar-refractivity contribution in [2.24, 2.45) is 0 Å². The van der Waals surface area contributed by atoms with Crippen LogP contribution in [0.25, 0.3) is 11.4 Å². The van der Waals surface area contributed by atoms with E-state index in [1.165, 1.54) is 22.3 Å². The molecule has 7 heteroatoms. The van der Waals surface area contributed by atoms with Gasteiger partial charge in [0.15, 0.2) is 0 Å². The number of amides is 1. The number of hydrogen-bond acceptors (Lipinski definition) is 4. The second-order valence-corrected chi connectivity index (χ2v) is 9.12. The molecular formula is C29H27FN4O2. The highest BCUT2D eigenvalue weighted by Gasteiger charge is 2.25. The normalized spacial score (nSPS) is 13.3. The van der Waals surface area contributed by atoms with Gasteiger partial charge in [-0.3, -0.25) is 19.1 Å². The van der Waals surface area contributed by atoms with Crippen LogP contribution < -0.4 is 10.9 Å². The van der Waals surface area contributed by atoms with Gasteiger partial charge in [0, 0.05) is 36.4 Å². The number of fused-ring (bicyclic) bond motifs is 1. The van der Waals surface area contributed by atoms with E-state index in [-0.39, 0.29) is 23.8 Å². The molecule has 1 aliphatic heterocycles. The van der Waals surface area contributed by atoms with Gasteiger partial charge < -0.3 is 5.32 Å². The number of nitrogens with one attached hydrogen (secondary N) is 1. The number of carbonyl (C=O) groups is 1. The first-order chi connectivity index (χ1) is 17.5. The van der Waals surface area contributed by atoms with Gasteiger partial charge in [0.05, 0.1) is 5.69 Å². The van der Waals surface area contributed by atoms with Crippen LogP contribution in [0.3, 0.4) is 0 Å². The summed E-state index contributed by atoms with van der Waals surface area (Å²) in [5.41, 5.74) is 4.63. The van der Waals surface area contributed by atoms with Gasteiger partial charge in [0.2, 0.25) is 5.91 Å². The Morgan fingerprint density at radius 2 is 1.72 bits per heavy atom. The average Bonchev–Trinajstić information content (AvgIpc) is 2.88. The maximum absolute atomic E-state index is 13.6. The molecule has 1 amide bonds. The van der Waals surface area contributed by atoms with Crippen molar-refractivity contribution < 1.29 is 9.18 Å². The fourth-order valence-corrected chi connectivity index (χ4v) is 4.50. The van der Waals surface area contributed by atoms with Crippen molar-refractivity contribution in [1.29, 1.82) is 0 Å². The lowest BCUT2D eigenvalue weighted by Crippen LogP contribution is -2.39. The molecule has 0 saturated heterocycles. The first kappa shape index (κ1) is 23.6. The Labute approximate surface area is 209 Å². The van der Waals surface area contributed by atoms with Gasteiger partial charge in [-0.1, -0.05) is 48.0 Å². The molecule has 5 rings (SSSR count). The Balaban J connectivity index is 1.47. The molecule has 0 atom stereocenters. The van der Waals surface area contributed by atoms with Crippen molar-refractivity contribution in [1.82, 2.24) is 14.5 Å². The number of aryl methyl sites for hydroxylation is 1. The van der Waals surface area contributed by atoms with Gasteiger partial charge in [0.25, 0.3) is 5.56 Å². The van der Waals surface area contributed by atoms with Gasteiger partial charge in [-0.25, -0.2) is 9.37 Å². The van der Waals surface area contributed by atoms with Crippen molar-refractivity contribution in [2.75, 3.05) is 11.9 Å². The predicted octanol–water partition coefficient (Wildman–Crippen LogP) is 4.55. The number of carbonyl (C=O) groups excluding carboxylic acids is 1. The number of benzene rings is 3. The zero-order chi connectivity index (χ0) is 25.1. The lowest BCUT2D eigenvalue weighted by molar-refractivity contribution is -0.116. The first-order valence-electron chi connectivity index (χ1n) is 12.0. The van der Waals surface area contributed by atoms with Crippen LogP contribution in [0.15, 0.2) is 83.7 Å². The fourth-order valence-electron chi connectivity index (χ4n) is 4.50. The van der Waals surface area contributed by atoms with Crippen LogP contribution in [0.4, 0.5) is 10.1 Å². The molecule has 2 heterocycles. The van der Waals surface area contributed by atoms with Crippen LogP contribution in [0, 0.1) is 12.7 Å². The molecule has 1 N–H and O–H groups in total. The van der Waals surface area contributed by atoms with Crippen molar-refractivity contribution in [3.63, 3.8) is 0 Å². The van der Waals surface area contributed by atoms with Gasteiger partial charge in [-0.15, -0.1) is 0 Å². The third-order valence-corrected chi connectivity index (χ3v) is 6.39. The molecule has 3 aromatic carbocycles. The van der Waals surface area contributed by atoms with E-state index in [4.69, 9.17) is 4.98 Å². The molecule has 0 bridgehead atoms. The summed E-state index contributed by atoms with van der Waals surface area (Å²) in [5.74, 6) is -0.344. The lowest BCUT2D eigenvalue weighted by Gasteiger charge is -2.29. The van der Waals surface area contributed by atoms with Crippen LogP contribution >= 0.6 is 0 Å². The highest BCUT2D eigenvalue weighted by molar-refractivity contribution is 5.90. The zero-order valence-electron chi connectivity index (χ0n) is 20.1. The SMILES string of the molecule is Cc1ccc(NC(=O)Cn2c(-c3ccc(F)cc3)nc3c(c2=O)CCN(Cc2ccccc2)C3)cc1. The summed E-state index contributed by atoms with van der Waals surface area (Å²) in [7, 11) is 0. The highest BCUT2D eigenvalue weighted by Crippen LogP contribution is 2.23. The maximum atomic E-state index is 13.6. The van der Waals surface area contributed by atoms with E-state index in [9.17, 15) is 14.0 Å². The Morgan fingerprint density at radius 1 is 1.00 bits per heavy atom. The van der Waals surface area contributed by atoms with E-state index in [0.717, 1.165) is 18.7 Å². The summed E-state index contributed by atoms with van der Waals surface area (Å²) in [6.07, 6.45) is 0.553. The maximum Gasteiger partial charge on any atom is 0.257 e. The lowest BCUT2D eigenvalue weighted by atomic mass is 10.0. The molecule has 4 aromatic rings. The molecule has 0 spiro atoms. The number of anilines is 1. The number of halogens is 1. The number of hydrogen-bond donors (Lipinski definition) is 1. The second-order valence-electron chi connectivity index (χ2n) is 9.12. The third kappa shape index (κ3) is 5.26. The summed E-state index contributed by atoms with van der Waals surface area (Å²) in [6, 6.07) is 23.5. The molecule has 1 aliphatic rings. The van der Waals surface area contributed by atoms with Crippen molar-refractivity contribution in [3.8, 4) is 11.4 Å². The molecule has 1 aromatic heterocycles. The molecule has 0 fully saturated rings. The van der Waals surface area contributed by atoms with E-state index in [1.807, 2.05) is 49.4 Å². The van der Waals surface area contributed by atoms with Gasteiger partial charge in [-0.05, 0) is 55.3 Å². The Bertz CT molecular complexity index is 1430. The zero-order valence-corrected chi connectivity index (χ0v) is 20.1. The molecular weight excluding hydrogens is 455 g/mol. The van der Waals surface area contributed by atoms with Crippen LogP contribution in [-0.2, 0) is 30.8 Å². The summed E-state index contributed by atoms with van der Waals surface area (Å²) >= 11 is 0. The Hall–Kier alpha value is -4.10. The largest absolute Gasteiger partial charge is 0.325 e. The summed E-state index contributed by atoms with van der Waals surface area (Å²) in [5, 5.41) is 2.85. The van der Waals surface area contributed by atoms with E-state index in [2.05, 4.69) is 22.3 Å². The fraction of sp³-hybridized carbons (Fsp3) is 0.207. The van der Waals surface area contributed by atoms with Gasteiger partial charge in [-0.2, -0.15) is 0 Å². The average molecular weight is 483 g/mol. The number of aromatic nitrogens is 2. The minimum atomic E-state index is -0.378. The van der Waals surface area contributed by atoms with E-state index >= 15 is 0 Å². The predicted molar refractivity (Wildman–Crippen MR) is 138 cm³/mol. The standard InChI is InChI=1S/C29H27FN4O2/c1-20-7-13-24(14-8-20)31-27(35)19-34-28(22-9-11-23(30)12-10-22)32-26-18-33(16-15-25(26)29(34)36)17-21-5-3-2-4-6-21/h2-14H,15-19H2,1H3,(H,31,35). The molecule has 0 radical (unpaired) electrons. The van der Waals surface area contributed by atoms with Gasteiger partial charge in [0.1, 0.15) is 18.2 Å². The molecule has 36 heavy (non-hydrogen) atoms. The van der Waals surface area contributed by atoms with Crippen LogP contribution in [0.1, 0.15) is 22.4 Å². The third-order valence-electron chi connectivity index (χ3n) is 6.39. The number of nitrogens with zero attached hydrogens (tertiary/aromatic N) is 3. The van der Waals surface area contributed by atoms with Crippen LogP contribution in [0.2, 0.25) is 0 Å². The number of rotatable bonds is 6. The molecule has 0 aliphatic carbocycles. The minimum Gasteiger partial charge on any atom is -0.325 e. The van der Waals surface area contributed by atoms with E-state index in [0.29, 0.717) is 41.3 Å². The molecule has 6 nitrogen and oxygen atoms in total. The Morgan fingerprint density at radius 3 is 2.44 bits per heavy atom. The van der Waals surface area contributed by atoms with E-state index in [1.54, 1.807) is 12.1 Å². The molecule has 182 valence electrons. The summed E-state index contributed by atoms with van der Waals surface area (Å²) in [4.78, 5) is 33.6.